The lowest BCUT2D eigenvalue weighted by atomic mass is 10.1. The molecular weight excluding hydrogens is 202 g/mol. The van der Waals surface area contributed by atoms with Crippen LogP contribution in [0.25, 0.3) is 0 Å². The van der Waals surface area contributed by atoms with Gasteiger partial charge >= 0.3 is 0 Å². The van der Waals surface area contributed by atoms with Gasteiger partial charge in [-0.2, -0.15) is 0 Å². The van der Waals surface area contributed by atoms with Crippen molar-refractivity contribution >= 4 is 0 Å². The first-order valence-electron chi connectivity index (χ1n) is 5.76. The Labute approximate surface area is 97.6 Å². The van der Waals surface area contributed by atoms with Crippen molar-refractivity contribution in [2.75, 3.05) is 13.2 Å². The van der Waals surface area contributed by atoms with Crippen LogP contribution in [0.1, 0.15) is 32.4 Å². The Kier molecular flexibility index (Phi) is 5.29. The van der Waals surface area contributed by atoms with Gasteiger partial charge in [0.1, 0.15) is 5.75 Å². The Morgan fingerprint density at radius 1 is 1.25 bits per heavy atom. The fraction of sp³-hybridized carbons (Fsp3) is 0.538. The van der Waals surface area contributed by atoms with Gasteiger partial charge in [0.2, 0.25) is 0 Å². The minimum absolute atomic E-state index is 0.0947. The van der Waals surface area contributed by atoms with Crippen LogP contribution in [0.3, 0.4) is 0 Å². The van der Waals surface area contributed by atoms with Crippen LogP contribution in [-0.2, 0) is 4.74 Å². The molecule has 3 heteroatoms. The van der Waals surface area contributed by atoms with Gasteiger partial charge in [-0.25, -0.2) is 0 Å². The molecule has 0 aliphatic rings. The zero-order chi connectivity index (χ0) is 12.0. The molecule has 16 heavy (non-hydrogen) atoms. The summed E-state index contributed by atoms with van der Waals surface area (Å²) in [5.41, 5.74) is 6.77. The van der Waals surface area contributed by atoms with Gasteiger partial charge in [0.05, 0.1) is 18.8 Å². The third-order valence-electron chi connectivity index (χ3n) is 2.22. The first kappa shape index (κ1) is 13.0. The van der Waals surface area contributed by atoms with Crippen LogP contribution >= 0.6 is 0 Å². The molecule has 0 heterocycles. The highest BCUT2D eigenvalue weighted by Gasteiger charge is 2.16. The third kappa shape index (κ3) is 3.51. The van der Waals surface area contributed by atoms with Crippen LogP contribution in [-0.4, -0.2) is 19.3 Å². The lowest BCUT2D eigenvalue weighted by Gasteiger charge is -2.21. The van der Waals surface area contributed by atoms with Gasteiger partial charge in [0.25, 0.3) is 0 Å². The number of para-hydroxylation sites is 1. The van der Waals surface area contributed by atoms with Crippen molar-refractivity contribution in [3.63, 3.8) is 0 Å². The molecule has 0 aromatic heterocycles. The molecule has 0 aliphatic heterocycles. The van der Waals surface area contributed by atoms with E-state index in [0.29, 0.717) is 13.2 Å². The second kappa shape index (κ2) is 6.51. The molecule has 0 amide bonds. The third-order valence-corrected chi connectivity index (χ3v) is 2.22. The Morgan fingerprint density at radius 3 is 2.50 bits per heavy atom. The molecule has 0 spiro atoms. The maximum Gasteiger partial charge on any atom is 0.125 e. The smallest absolute Gasteiger partial charge is 0.125 e. The fourth-order valence-corrected chi connectivity index (χ4v) is 1.62. The predicted molar refractivity (Wildman–Crippen MR) is 65.6 cm³/mol. The summed E-state index contributed by atoms with van der Waals surface area (Å²) in [7, 11) is 0. The summed E-state index contributed by atoms with van der Waals surface area (Å²) >= 11 is 0. The molecule has 0 aliphatic carbocycles. The van der Waals surface area contributed by atoms with Gasteiger partial charge in [0, 0.05) is 12.1 Å². The van der Waals surface area contributed by atoms with Gasteiger partial charge < -0.3 is 15.2 Å². The Balaban J connectivity index is 2.89. The summed E-state index contributed by atoms with van der Waals surface area (Å²) < 4.78 is 11.3. The molecule has 1 rings (SSSR count). The zero-order valence-electron chi connectivity index (χ0n) is 10.3. The fourth-order valence-electron chi connectivity index (χ4n) is 1.62. The Bertz CT molecular complexity index is 313. The Hall–Kier alpha value is -1.06. The maximum atomic E-state index is 5.77. The van der Waals surface area contributed by atoms with E-state index in [4.69, 9.17) is 15.2 Å². The van der Waals surface area contributed by atoms with Crippen molar-refractivity contribution < 1.29 is 9.47 Å². The molecule has 90 valence electrons. The van der Waals surface area contributed by atoms with Crippen molar-refractivity contribution in [1.29, 1.82) is 0 Å². The minimum atomic E-state index is -0.0947. The van der Waals surface area contributed by atoms with Gasteiger partial charge in [-0.1, -0.05) is 18.2 Å². The lowest BCUT2D eigenvalue weighted by Crippen LogP contribution is -2.20. The van der Waals surface area contributed by atoms with Crippen LogP contribution < -0.4 is 10.5 Å². The lowest BCUT2D eigenvalue weighted by molar-refractivity contribution is 0.0105. The molecule has 3 nitrogen and oxygen atoms in total. The number of hydrogen-bond donors (Lipinski definition) is 1. The monoisotopic (exact) mass is 223 g/mol. The van der Waals surface area contributed by atoms with Crippen molar-refractivity contribution in [3.05, 3.63) is 29.8 Å². The first-order chi connectivity index (χ1) is 7.69. The standard InChI is InChI=1S/C13H21NO2/c1-4-15-12-8-6-5-7-11(12)13(9-14)16-10(2)3/h5-8,10,13H,4,9,14H2,1-3H3. The average molecular weight is 223 g/mol. The molecule has 0 radical (unpaired) electrons. The molecule has 0 fully saturated rings. The highest BCUT2D eigenvalue weighted by atomic mass is 16.5. The van der Waals surface area contributed by atoms with E-state index >= 15 is 0 Å². The van der Waals surface area contributed by atoms with Crippen LogP contribution in [0.5, 0.6) is 5.75 Å². The van der Waals surface area contributed by atoms with E-state index in [1.54, 1.807) is 0 Å². The van der Waals surface area contributed by atoms with Crippen LogP contribution in [0.2, 0.25) is 0 Å². The van der Waals surface area contributed by atoms with E-state index in [1.807, 2.05) is 45.0 Å². The van der Waals surface area contributed by atoms with E-state index in [0.717, 1.165) is 11.3 Å². The number of nitrogens with two attached hydrogens (primary N) is 1. The largest absolute Gasteiger partial charge is 0.493 e. The quantitative estimate of drug-likeness (QED) is 0.806. The number of ether oxygens (including phenoxy) is 2. The second-order valence-corrected chi connectivity index (χ2v) is 3.88. The van der Waals surface area contributed by atoms with Crippen LogP contribution in [0, 0.1) is 0 Å². The van der Waals surface area contributed by atoms with Crippen molar-refractivity contribution in [2.45, 2.75) is 33.0 Å². The van der Waals surface area contributed by atoms with E-state index < -0.39 is 0 Å². The molecule has 1 unspecified atom stereocenters. The molecule has 0 saturated carbocycles. The number of benzene rings is 1. The van der Waals surface area contributed by atoms with Gasteiger partial charge in [0.15, 0.2) is 0 Å². The van der Waals surface area contributed by atoms with E-state index in [9.17, 15) is 0 Å². The van der Waals surface area contributed by atoms with Crippen molar-refractivity contribution in [2.24, 2.45) is 5.73 Å². The molecule has 0 bridgehead atoms. The molecule has 1 atom stereocenters. The van der Waals surface area contributed by atoms with E-state index in [-0.39, 0.29) is 12.2 Å². The minimum Gasteiger partial charge on any atom is -0.493 e. The van der Waals surface area contributed by atoms with Crippen LogP contribution in [0.4, 0.5) is 0 Å². The highest BCUT2D eigenvalue weighted by Crippen LogP contribution is 2.27. The number of hydrogen-bond acceptors (Lipinski definition) is 3. The topological polar surface area (TPSA) is 44.5 Å². The second-order valence-electron chi connectivity index (χ2n) is 3.88. The van der Waals surface area contributed by atoms with E-state index in [2.05, 4.69) is 0 Å². The van der Waals surface area contributed by atoms with Gasteiger partial charge in [-0.3, -0.25) is 0 Å². The first-order valence-corrected chi connectivity index (χ1v) is 5.76. The summed E-state index contributed by atoms with van der Waals surface area (Å²) in [5, 5.41) is 0. The molecule has 1 aromatic carbocycles. The normalized spacial score (nSPS) is 12.8. The summed E-state index contributed by atoms with van der Waals surface area (Å²) in [6.45, 7) is 7.09. The van der Waals surface area contributed by atoms with Crippen LogP contribution in [0.15, 0.2) is 24.3 Å². The van der Waals surface area contributed by atoms with Gasteiger partial charge in [-0.05, 0) is 26.8 Å². The van der Waals surface area contributed by atoms with Crippen molar-refractivity contribution in [3.8, 4) is 5.75 Å². The summed E-state index contributed by atoms with van der Waals surface area (Å²) in [4.78, 5) is 0. The number of rotatable bonds is 6. The summed E-state index contributed by atoms with van der Waals surface area (Å²) in [6.07, 6.45) is 0.0611. The predicted octanol–water partition coefficient (Wildman–Crippen LogP) is 2.51. The van der Waals surface area contributed by atoms with E-state index in [1.165, 1.54) is 0 Å². The molecular formula is C13H21NO2. The molecule has 0 saturated heterocycles. The molecule has 2 N–H and O–H groups in total. The zero-order valence-corrected chi connectivity index (χ0v) is 10.3. The average Bonchev–Trinajstić information content (AvgIpc) is 2.27. The van der Waals surface area contributed by atoms with Crippen molar-refractivity contribution in [1.82, 2.24) is 0 Å². The summed E-state index contributed by atoms with van der Waals surface area (Å²) in [5.74, 6) is 0.862. The highest BCUT2D eigenvalue weighted by molar-refractivity contribution is 5.35. The van der Waals surface area contributed by atoms with Gasteiger partial charge in [-0.15, -0.1) is 0 Å². The SMILES string of the molecule is CCOc1ccccc1C(CN)OC(C)C. The summed E-state index contributed by atoms with van der Waals surface area (Å²) in [6, 6.07) is 7.89. The Morgan fingerprint density at radius 2 is 1.94 bits per heavy atom. The maximum absolute atomic E-state index is 5.77. The molecule has 1 aromatic rings.